The summed E-state index contributed by atoms with van der Waals surface area (Å²) >= 11 is 0. The van der Waals surface area contributed by atoms with Crippen molar-refractivity contribution in [3.05, 3.63) is 35.9 Å². The maximum absolute atomic E-state index is 5.70. The fourth-order valence-corrected chi connectivity index (χ4v) is 3.08. The standard InChI is InChI=1S/C16H26N2/c17-18-16(13-15-9-5-2-6-10-15)12-11-14-7-3-1-4-8-14/h1,3-4,7-8,15-16,18H,2,5-6,9-13,17H2. The minimum atomic E-state index is 0.480. The second-order valence-electron chi connectivity index (χ2n) is 5.63. The zero-order chi connectivity index (χ0) is 12.6. The van der Waals surface area contributed by atoms with Gasteiger partial charge in [-0.2, -0.15) is 0 Å². The highest BCUT2D eigenvalue weighted by molar-refractivity contribution is 5.14. The van der Waals surface area contributed by atoms with E-state index in [0.29, 0.717) is 6.04 Å². The van der Waals surface area contributed by atoms with Crippen LogP contribution in [0.5, 0.6) is 0 Å². The average Bonchev–Trinajstić information content (AvgIpc) is 2.45. The molecule has 0 bridgehead atoms. The summed E-state index contributed by atoms with van der Waals surface area (Å²) in [5.74, 6) is 6.60. The quantitative estimate of drug-likeness (QED) is 0.596. The summed E-state index contributed by atoms with van der Waals surface area (Å²) in [5.41, 5.74) is 4.44. The van der Waals surface area contributed by atoms with Crippen molar-refractivity contribution in [1.82, 2.24) is 5.43 Å². The van der Waals surface area contributed by atoms with E-state index in [1.165, 1.54) is 44.1 Å². The number of hydrazine groups is 1. The van der Waals surface area contributed by atoms with Crippen molar-refractivity contribution >= 4 is 0 Å². The van der Waals surface area contributed by atoms with Crippen molar-refractivity contribution in [3.63, 3.8) is 0 Å². The second-order valence-corrected chi connectivity index (χ2v) is 5.63. The number of benzene rings is 1. The maximum Gasteiger partial charge on any atom is 0.0216 e. The van der Waals surface area contributed by atoms with Crippen LogP contribution in [0, 0.1) is 5.92 Å². The van der Waals surface area contributed by atoms with Gasteiger partial charge in [0.1, 0.15) is 0 Å². The summed E-state index contributed by atoms with van der Waals surface area (Å²) in [7, 11) is 0. The number of aryl methyl sites for hydroxylation is 1. The SMILES string of the molecule is NNC(CCc1ccccc1)CC1CCCCC1. The van der Waals surface area contributed by atoms with Crippen LogP contribution in [0.2, 0.25) is 0 Å². The molecule has 1 aliphatic rings. The van der Waals surface area contributed by atoms with E-state index < -0.39 is 0 Å². The Morgan fingerprint density at radius 1 is 1.11 bits per heavy atom. The van der Waals surface area contributed by atoms with E-state index in [1.54, 1.807) is 0 Å². The summed E-state index contributed by atoms with van der Waals surface area (Å²) in [6.45, 7) is 0. The first-order valence-electron chi connectivity index (χ1n) is 7.38. The van der Waals surface area contributed by atoms with E-state index >= 15 is 0 Å². The van der Waals surface area contributed by atoms with E-state index in [2.05, 4.69) is 35.8 Å². The van der Waals surface area contributed by atoms with Crippen LogP contribution in [0.15, 0.2) is 30.3 Å². The third-order valence-electron chi connectivity index (χ3n) is 4.20. The molecule has 1 aliphatic carbocycles. The van der Waals surface area contributed by atoms with Crippen LogP contribution < -0.4 is 11.3 Å². The van der Waals surface area contributed by atoms with Gasteiger partial charge in [0.05, 0.1) is 0 Å². The first-order chi connectivity index (χ1) is 8.88. The molecule has 0 amide bonds. The molecule has 0 heterocycles. The van der Waals surface area contributed by atoms with Crippen LogP contribution in [-0.4, -0.2) is 6.04 Å². The Bertz CT molecular complexity index is 317. The zero-order valence-corrected chi connectivity index (χ0v) is 11.3. The van der Waals surface area contributed by atoms with E-state index in [-0.39, 0.29) is 0 Å². The average molecular weight is 246 g/mol. The topological polar surface area (TPSA) is 38.0 Å². The van der Waals surface area contributed by atoms with Gasteiger partial charge in [-0.1, -0.05) is 62.4 Å². The van der Waals surface area contributed by atoms with Gasteiger partial charge >= 0.3 is 0 Å². The smallest absolute Gasteiger partial charge is 0.0216 e. The van der Waals surface area contributed by atoms with Crippen molar-refractivity contribution in [1.29, 1.82) is 0 Å². The first kappa shape index (κ1) is 13.6. The molecule has 1 aromatic rings. The molecule has 100 valence electrons. The Morgan fingerprint density at radius 3 is 2.50 bits per heavy atom. The largest absolute Gasteiger partial charge is 0.271 e. The number of hydrogen-bond donors (Lipinski definition) is 2. The van der Waals surface area contributed by atoms with Gasteiger partial charge in [-0.25, -0.2) is 0 Å². The molecule has 0 saturated heterocycles. The summed E-state index contributed by atoms with van der Waals surface area (Å²) in [6.07, 6.45) is 10.6. The maximum atomic E-state index is 5.70. The van der Waals surface area contributed by atoms with E-state index in [0.717, 1.165) is 18.8 Å². The Hall–Kier alpha value is -0.860. The lowest BCUT2D eigenvalue weighted by Gasteiger charge is -2.26. The van der Waals surface area contributed by atoms with Crippen LogP contribution in [-0.2, 0) is 6.42 Å². The molecular formula is C16H26N2. The first-order valence-corrected chi connectivity index (χ1v) is 7.38. The Morgan fingerprint density at radius 2 is 1.83 bits per heavy atom. The molecule has 18 heavy (non-hydrogen) atoms. The molecule has 0 aliphatic heterocycles. The van der Waals surface area contributed by atoms with Gasteiger partial charge in [0.15, 0.2) is 0 Å². The van der Waals surface area contributed by atoms with Gasteiger partial charge in [0, 0.05) is 6.04 Å². The van der Waals surface area contributed by atoms with E-state index in [4.69, 9.17) is 5.84 Å². The van der Waals surface area contributed by atoms with Crippen molar-refractivity contribution in [2.75, 3.05) is 0 Å². The summed E-state index contributed by atoms with van der Waals surface area (Å²) in [5, 5.41) is 0. The van der Waals surface area contributed by atoms with Gasteiger partial charge in [-0.15, -0.1) is 0 Å². The normalized spacial score (nSPS) is 18.7. The molecule has 3 N–H and O–H groups in total. The molecular weight excluding hydrogens is 220 g/mol. The Balaban J connectivity index is 1.74. The van der Waals surface area contributed by atoms with Crippen LogP contribution >= 0.6 is 0 Å². The Labute approximate surface area is 111 Å². The van der Waals surface area contributed by atoms with Crippen molar-refractivity contribution in [3.8, 4) is 0 Å². The highest BCUT2D eigenvalue weighted by atomic mass is 15.2. The number of hydrogen-bond acceptors (Lipinski definition) is 2. The van der Waals surface area contributed by atoms with Crippen molar-refractivity contribution in [2.24, 2.45) is 11.8 Å². The predicted octanol–water partition coefficient (Wildman–Crippen LogP) is 3.42. The van der Waals surface area contributed by atoms with Gasteiger partial charge in [-0.05, 0) is 30.7 Å². The van der Waals surface area contributed by atoms with Crippen molar-refractivity contribution in [2.45, 2.75) is 57.4 Å². The lowest BCUT2D eigenvalue weighted by Crippen LogP contribution is -2.37. The molecule has 1 atom stereocenters. The van der Waals surface area contributed by atoms with Gasteiger partial charge < -0.3 is 0 Å². The number of rotatable bonds is 6. The lowest BCUT2D eigenvalue weighted by molar-refractivity contribution is 0.292. The minimum Gasteiger partial charge on any atom is -0.271 e. The fourth-order valence-electron chi connectivity index (χ4n) is 3.08. The third-order valence-corrected chi connectivity index (χ3v) is 4.20. The fraction of sp³-hybridized carbons (Fsp3) is 0.625. The molecule has 2 rings (SSSR count). The number of nitrogens with two attached hydrogens (primary N) is 1. The summed E-state index contributed by atoms with van der Waals surface area (Å²) in [4.78, 5) is 0. The Kier molecular flexibility index (Phi) is 5.69. The van der Waals surface area contributed by atoms with E-state index in [1.807, 2.05) is 0 Å². The molecule has 1 fully saturated rings. The number of nitrogens with one attached hydrogen (secondary N) is 1. The predicted molar refractivity (Wildman–Crippen MR) is 77.1 cm³/mol. The molecule has 2 heteroatoms. The summed E-state index contributed by atoms with van der Waals surface area (Å²) in [6, 6.07) is 11.2. The minimum absolute atomic E-state index is 0.480. The highest BCUT2D eigenvalue weighted by Crippen LogP contribution is 2.28. The van der Waals surface area contributed by atoms with Crippen LogP contribution in [0.3, 0.4) is 0 Å². The van der Waals surface area contributed by atoms with Gasteiger partial charge in [0.25, 0.3) is 0 Å². The van der Waals surface area contributed by atoms with Gasteiger partial charge in [-0.3, -0.25) is 11.3 Å². The monoisotopic (exact) mass is 246 g/mol. The molecule has 0 spiro atoms. The highest BCUT2D eigenvalue weighted by Gasteiger charge is 2.18. The van der Waals surface area contributed by atoms with Crippen LogP contribution in [0.25, 0.3) is 0 Å². The van der Waals surface area contributed by atoms with E-state index in [9.17, 15) is 0 Å². The summed E-state index contributed by atoms with van der Waals surface area (Å²) < 4.78 is 0. The van der Waals surface area contributed by atoms with Crippen molar-refractivity contribution < 1.29 is 0 Å². The molecule has 2 nitrogen and oxygen atoms in total. The molecule has 0 radical (unpaired) electrons. The third kappa shape index (κ3) is 4.43. The zero-order valence-electron chi connectivity index (χ0n) is 11.3. The van der Waals surface area contributed by atoms with Crippen LogP contribution in [0.1, 0.15) is 50.5 Å². The molecule has 1 aromatic carbocycles. The van der Waals surface area contributed by atoms with Crippen LogP contribution in [0.4, 0.5) is 0 Å². The molecule has 1 saturated carbocycles. The second kappa shape index (κ2) is 7.55. The molecule has 1 unspecified atom stereocenters. The van der Waals surface area contributed by atoms with Gasteiger partial charge in [0.2, 0.25) is 0 Å². The lowest BCUT2D eigenvalue weighted by atomic mass is 9.84. The molecule has 0 aromatic heterocycles.